The van der Waals surface area contributed by atoms with Crippen molar-refractivity contribution in [1.82, 2.24) is 19.7 Å². The van der Waals surface area contributed by atoms with Gasteiger partial charge in [-0.3, -0.25) is 4.40 Å². The second-order valence-electron chi connectivity index (χ2n) is 4.75. The summed E-state index contributed by atoms with van der Waals surface area (Å²) in [5.74, 6) is 0. The topological polar surface area (TPSA) is 62.5 Å². The molecular weight excluding hydrogens is 332 g/mol. The lowest BCUT2D eigenvalue weighted by Gasteiger charge is -2.12. The number of hydrogen-bond acceptors (Lipinski definition) is 4. The molecule has 0 aliphatic heterocycles. The minimum Gasteiger partial charge on any atom is -0.387 e. The van der Waals surface area contributed by atoms with Gasteiger partial charge in [0.05, 0.1) is 24.2 Å². The van der Waals surface area contributed by atoms with Crippen LogP contribution in [0.2, 0.25) is 0 Å². The third-order valence-electron chi connectivity index (χ3n) is 3.27. The molecule has 0 fully saturated rings. The zero-order chi connectivity index (χ0) is 14.7. The lowest BCUT2D eigenvalue weighted by Crippen LogP contribution is -2.21. The summed E-state index contributed by atoms with van der Waals surface area (Å²) in [6, 6.07) is 9.63. The highest BCUT2D eigenvalue weighted by molar-refractivity contribution is 9.10. The zero-order valence-corrected chi connectivity index (χ0v) is 12.9. The molecule has 0 spiro atoms. The Kier molecular flexibility index (Phi) is 4.28. The standard InChI is InChI=1S/C15H15BrN4O/c16-14-10-20-12(7-19-15(20)9-18-14)6-17-8-13(21)11-4-2-1-3-5-11/h1-5,7,9-10,13,17,21H,6,8H2. The molecule has 3 aromatic rings. The van der Waals surface area contributed by atoms with E-state index in [0.717, 1.165) is 21.5 Å². The summed E-state index contributed by atoms with van der Waals surface area (Å²) >= 11 is 3.35. The maximum Gasteiger partial charge on any atom is 0.155 e. The van der Waals surface area contributed by atoms with Crippen LogP contribution in [0.25, 0.3) is 5.65 Å². The number of aliphatic hydroxyl groups excluding tert-OH is 1. The molecule has 108 valence electrons. The molecule has 0 saturated heterocycles. The van der Waals surface area contributed by atoms with Crippen LogP contribution in [0.3, 0.4) is 0 Å². The fourth-order valence-electron chi connectivity index (χ4n) is 2.18. The van der Waals surface area contributed by atoms with Gasteiger partial charge in [-0.2, -0.15) is 0 Å². The lowest BCUT2D eigenvalue weighted by molar-refractivity contribution is 0.174. The third-order valence-corrected chi connectivity index (χ3v) is 3.68. The largest absolute Gasteiger partial charge is 0.387 e. The Morgan fingerprint density at radius 1 is 1.19 bits per heavy atom. The Bertz CT molecular complexity index is 729. The zero-order valence-electron chi connectivity index (χ0n) is 11.3. The summed E-state index contributed by atoms with van der Waals surface area (Å²) < 4.78 is 2.73. The van der Waals surface area contributed by atoms with E-state index in [-0.39, 0.29) is 0 Å². The van der Waals surface area contributed by atoms with Crippen molar-refractivity contribution in [3.63, 3.8) is 0 Å². The number of hydrogen-bond donors (Lipinski definition) is 2. The molecule has 2 heterocycles. The summed E-state index contributed by atoms with van der Waals surface area (Å²) in [5.41, 5.74) is 2.74. The van der Waals surface area contributed by atoms with Crippen LogP contribution >= 0.6 is 15.9 Å². The highest BCUT2D eigenvalue weighted by Gasteiger charge is 2.08. The number of aromatic nitrogens is 3. The molecule has 1 aromatic carbocycles. The molecule has 1 atom stereocenters. The van der Waals surface area contributed by atoms with Gasteiger partial charge in [-0.25, -0.2) is 9.97 Å². The SMILES string of the molecule is OC(CNCc1cnc2cnc(Br)cn12)c1ccccc1. The molecule has 1 unspecified atom stereocenters. The van der Waals surface area contributed by atoms with Gasteiger partial charge in [0.2, 0.25) is 0 Å². The Hall–Kier alpha value is -1.76. The number of halogens is 1. The van der Waals surface area contributed by atoms with Gasteiger partial charge in [-0.1, -0.05) is 30.3 Å². The van der Waals surface area contributed by atoms with Gasteiger partial charge in [0.1, 0.15) is 4.60 Å². The summed E-state index contributed by atoms with van der Waals surface area (Å²) in [7, 11) is 0. The van der Waals surface area contributed by atoms with Gasteiger partial charge in [0.25, 0.3) is 0 Å². The van der Waals surface area contributed by atoms with Crippen molar-refractivity contribution in [1.29, 1.82) is 0 Å². The number of aliphatic hydroxyl groups is 1. The van der Waals surface area contributed by atoms with Crippen molar-refractivity contribution < 1.29 is 5.11 Å². The Balaban J connectivity index is 1.63. The van der Waals surface area contributed by atoms with E-state index in [9.17, 15) is 5.11 Å². The second-order valence-corrected chi connectivity index (χ2v) is 5.56. The number of nitrogens with zero attached hydrogens (tertiary/aromatic N) is 3. The Labute approximate surface area is 130 Å². The molecule has 0 aliphatic carbocycles. The molecule has 0 bridgehead atoms. The monoisotopic (exact) mass is 346 g/mol. The van der Waals surface area contributed by atoms with Crippen molar-refractivity contribution in [2.45, 2.75) is 12.6 Å². The molecule has 2 N–H and O–H groups in total. The van der Waals surface area contributed by atoms with E-state index in [1.807, 2.05) is 47.1 Å². The summed E-state index contributed by atoms with van der Waals surface area (Å²) in [5, 5.41) is 13.4. The minimum absolute atomic E-state index is 0.490. The predicted octanol–water partition coefficient (Wildman–Crippen LogP) is 2.32. The highest BCUT2D eigenvalue weighted by atomic mass is 79.9. The van der Waals surface area contributed by atoms with Gasteiger partial charge in [0, 0.05) is 19.3 Å². The van der Waals surface area contributed by atoms with Crippen molar-refractivity contribution >= 4 is 21.6 Å². The smallest absolute Gasteiger partial charge is 0.155 e. The quantitative estimate of drug-likeness (QED) is 0.744. The van der Waals surface area contributed by atoms with E-state index in [1.54, 1.807) is 6.20 Å². The Morgan fingerprint density at radius 3 is 2.81 bits per heavy atom. The van der Waals surface area contributed by atoms with Crippen LogP contribution < -0.4 is 5.32 Å². The molecule has 0 saturated carbocycles. The lowest BCUT2D eigenvalue weighted by atomic mass is 10.1. The van der Waals surface area contributed by atoms with E-state index < -0.39 is 6.10 Å². The van der Waals surface area contributed by atoms with Crippen molar-refractivity contribution in [3.05, 3.63) is 64.8 Å². The van der Waals surface area contributed by atoms with Gasteiger partial charge >= 0.3 is 0 Å². The van der Waals surface area contributed by atoms with Gasteiger partial charge in [-0.05, 0) is 21.5 Å². The maximum atomic E-state index is 10.1. The number of nitrogens with one attached hydrogen (secondary N) is 1. The van der Waals surface area contributed by atoms with Crippen molar-refractivity contribution in [2.24, 2.45) is 0 Å². The molecule has 0 radical (unpaired) electrons. The molecule has 0 amide bonds. The molecule has 3 rings (SSSR count). The van der Waals surface area contributed by atoms with Crippen LogP contribution in [0.4, 0.5) is 0 Å². The fraction of sp³-hybridized carbons (Fsp3) is 0.200. The minimum atomic E-state index is -0.515. The van der Waals surface area contributed by atoms with Crippen LogP contribution in [0.15, 0.2) is 53.5 Å². The first-order valence-electron chi connectivity index (χ1n) is 6.65. The number of rotatable bonds is 5. The first kappa shape index (κ1) is 14.2. The second kappa shape index (κ2) is 6.34. The highest BCUT2D eigenvalue weighted by Crippen LogP contribution is 2.12. The molecule has 6 heteroatoms. The van der Waals surface area contributed by atoms with Gasteiger partial charge in [-0.15, -0.1) is 0 Å². The molecule has 0 aliphatic rings. The van der Waals surface area contributed by atoms with Crippen LogP contribution in [-0.2, 0) is 6.54 Å². The summed E-state index contributed by atoms with van der Waals surface area (Å²) in [6.07, 6.45) is 4.89. The summed E-state index contributed by atoms with van der Waals surface area (Å²) in [6.45, 7) is 1.12. The van der Waals surface area contributed by atoms with E-state index in [0.29, 0.717) is 13.1 Å². The first-order chi connectivity index (χ1) is 10.2. The van der Waals surface area contributed by atoms with E-state index >= 15 is 0 Å². The van der Waals surface area contributed by atoms with Crippen LogP contribution in [0.1, 0.15) is 17.4 Å². The fourth-order valence-corrected chi connectivity index (χ4v) is 2.48. The average molecular weight is 347 g/mol. The van der Waals surface area contributed by atoms with Crippen LogP contribution in [-0.4, -0.2) is 26.0 Å². The Morgan fingerprint density at radius 2 is 2.00 bits per heavy atom. The summed E-state index contributed by atoms with van der Waals surface area (Å²) in [4.78, 5) is 8.43. The van der Waals surface area contributed by atoms with Crippen LogP contribution in [0, 0.1) is 0 Å². The average Bonchev–Trinajstić information content (AvgIpc) is 2.90. The first-order valence-corrected chi connectivity index (χ1v) is 7.44. The number of benzene rings is 1. The normalized spacial score (nSPS) is 12.7. The van der Waals surface area contributed by atoms with Crippen molar-refractivity contribution in [2.75, 3.05) is 6.54 Å². The third kappa shape index (κ3) is 3.29. The maximum absolute atomic E-state index is 10.1. The number of fused-ring (bicyclic) bond motifs is 1. The van der Waals surface area contributed by atoms with Crippen LogP contribution in [0.5, 0.6) is 0 Å². The van der Waals surface area contributed by atoms with Crippen molar-refractivity contribution in [3.8, 4) is 0 Å². The molecule has 2 aromatic heterocycles. The van der Waals surface area contributed by atoms with Gasteiger partial charge < -0.3 is 10.4 Å². The molecular formula is C15H15BrN4O. The van der Waals surface area contributed by atoms with E-state index in [1.165, 1.54) is 0 Å². The molecule has 21 heavy (non-hydrogen) atoms. The number of imidazole rings is 1. The predicted molar refractivity (Wildman–Crippen MR) is 83.8 cm³/mol. The van der Waals surface area contributed by atoms with E-state index in [2.05, 4.69) is 31.2 Å². The molecule has 5 nitrogen and oxygen atoms in total. The van der Waals surface area contributed by atoms with E-state index in [4.69, 9.17) is 0 Å². The van der Waals surface area contributed by atoms with Gasteiger partial charge in [0.15, 0.2) is 5.65 Å².